The second-order valence-corrected chi connectivity index (χ2v) is 4.60. The number of nitrogens with one attached hydrogen (secondary N) is 1. The van der Waals surface area contributed by atoms with E-state index in [1.54, 1.807) is 7.05 Å². The molecule has 2 unspecified atom stereocenters. The van der Waals surface area contributed by atoms with Gasteiger partial charge in [0.05, 0.1) is 7.11 Å². The lowest BCUT2D eigenvalue weighted by molar-refractivity contribution is 0.0912. The number of hydrogen-bond donors (Lipinski definition) is 1. The number of methoxy groups -OCH3 is 1. The lowest BCUT2D eigenvalue weighted by Gasteiger charge is -2.28. The van der Waals surface area contributed by atoms with Crippen molar-refractivity contribution in [2.45, 2.75) is 38.7 Å². The van der Waals surface area contributed by atoms with Crippen molar-refractivity contribution < 1.29 is 9.47 Å². The summed E-state index contributed by atoms with van der Waals surface area (Å²) in [6.07, 6.45) is 4.94. The summed E-state index contributed by atoms with van der Waals surface area (Å²) in [5.41, 5.74) is 0. The van der Waals surface area contributed by atoms with Crippen molar-refractivity contribution in [2.24, 2.45) is 5.92 Å². The first-order valence-corrected chi connectivity index (χ1v) is 6.37. The zero-order valence-electron chi connectivity index (χ0n) is 11.1. The summed E-state index contributed by atoms with van der Waals surface area (Å²) >= 11 is 0. The Hall–Kier alpha value is -1.59. The molecule has 1 fully saturated rings. The fourth-order valence-corrected chi connectivity index (χ4v) is 2.19. The molecular formula is C12H20N4O2. The van der Waals surface area contributed by atoms with Crippen LogP contribution in [-0.2, 0) is 0 Å². The molecule has 100 valence electrons. The molecule has 0 saturated heterocycles. The summed E-state index contributed by atoms with van der Waals surface area (Å²) in [5, 5.41) is 2.87. The van der Waals surface area contributed by atoms with E-state index < -0.39 is 0 Å². The molecule has 18 heavy (non-hydrogen) atoms. The van der Waals surface area contributed by atoms with Crippen LogP contribution in [0.15, 0.2) is 0 Å². The molecule has 1 aromatic heterocycles. The summed E-state index contributed by atoms with van der Waals surface area (Å²) in [4.78, 5) is 12.4. The molecule has 0 radical (unpaired) electrons. The van der Waals surface area contributed by atoms with Gasteiger partial charge in [-0.3, -0.25) is 0 Å². The number of rotatable bonds is 4. The first kappa shape index (κ1) is 12.9. The van der Waals surface area contributed by atoms with E-state index in [2.05, 4.69) is 27.2 Å². The molecule has 0 spiro atoms. The molecule has 1 saturated carbocycles. The second-order valence-electron chi connectivity index (χ2n) is 4.60. The molecule has 0 aromatic carbocycles. The first-order chi connectivity index (χ1) is 8.72. The van der Waals surface area contributed by atoms with Gasteiger partial charge >= 0.3 is 12.0 Å². The van der Waals surface area contributed by atoms with Crippen molar-refractivity contribution in [2.75, 3.05) is 19.5 Å². The Morgan fingerprint density at radius 3 is 2.50 bits per heavy atom. The molecule has 6 nitrogen and oxygen atoms in total. The van der Waals surface area contributed by atoms with Crippen LogP contribution >= 0.6 is 0 Å². The number of ether oxygens (including phenoxy) is 2. The van der Waals surface area contributed by atoms with E-state index in [4.69, 9.17) is 9.47 Å². The highest BCUT2D eigenvalue weighted by molar-refractivity contribution is 5.26. The molecule has 1 aliphatic carbocycles. The average Bonchev–Trinajstić information content (AvgIpc) is 2.41. The lowest BCUT2D eigenvalue weighted by Crippen LogP contribution is -2.29. The molecule has 1 heterocycles. The fraction of sp³-hybridized carbons (Fsp3) is 0.750. The lowest BCUT2D eigenvalue weighted by atomic mass is 9.88. The largest absolute Gasteiger partial charge is 0.467 e. The topological polar surface area (TPSA) is 69.2 Å². The van der Waals surface area contributed by atoms with E-state index in [1.807, 2.05) is 0 Å². The molecule has 1 aromatic rings. The van der Waals surface area contributed by atoms with Gasteiger partial charge in [-0.1, -0.05) is 13.3 Å². The van der Waals surface area contributed by atoms with Gasteiger partial charge in [-0.05, 0) is 25.2 Å². The minimum atomic E-state index is 0.190. The summed E-state index contributed by atoms with van der Waals surface area (Å²) in [5.74, 6) is 1.000. The van der Waals surface area contributed by atoms with E-state index in [9.17, 15) is 0 Å². The third-order valence-electron chi connectivity index (χ3n) is 3.29. The van der Waals surface area contributed by atoms with Gasteiger partial charge in [-0.2, -0.15) is 9.97 Å². The summed E-state index contributed by atoms with van der Waals surface area (Å²) < 4.78 is 10.9. The van der Waals surface area contributed by atoms with Gasteiger partial charge < -0.3 is 14.8 Å². The van der Waals surface area contributed by atoms with Crippen molar-refractivity contribution in [1.82, 2.24) is 15.0 Å². The monoisotopic (exact) mass is 252 g/mol. The Morgan fingerprint density at radius 2 is 1.83 bits per heavy atom. The van der Waals surface area contributed by atoms with E-state index in [1.165, 1.54) is 26.4 Å². The minimum absolute atomic E-state index is 0.190. The third-order valence-corrected chi connectivity index (χ3v) is 3.29. The molecule has 2 rings (SSSR count). The number of nitrogens with zero attached hydrogens (tertiary/aromatic N) is 3. The van der Waals surface area contributed by atoms with Gasteiger partial charge in [0, 0.05) is 7.05 Å². The Balaban J connectivity index is 2.12. The standard InChI is InChI=1S/C12H20N4O2/c1-8-6-4-5-7-9(8)18-12-15-10(13-2)14-11(16-12)17-3/h8-9H,4-7H2,1-3H3,(H,13,14,15,16). The highest BCUT2D eigenvalue weighted by atomic mass is 16.5. The van der Waals surface area contributed by atoms with E-state index in [0.29, 0.717) is 17.9 Å². The van der Waals surface area contributed by atoms with Gasteiger partial charge in [-0.25, -0.2) is 0 Å². The molecule has 0 aliphatic heterocycles. The van der Waals surface area contributed by atoms with Crippen molar-refractivity contribution in [1.29, 1.82) is 0 Å². The first-order valence-electron chi connectivity index (χ1n) is 6.37. The number of aromatic nitrogens is 3. The van der Waals surface area contributed by atoms with Crippen LogP contribution in [0.3, 0.4) is 0 Å². The highest BCUT2D eigenvalue weighted by Crippen LogP contribution is 2.27. The van der Waals surface area contributed by atoms with Crippen LogP contribution in [0.1, 0.15) is 32.6 Å². The van der Waals surface area contributed by atoms with Crippen LogP contribution < -0.4 is 14.8 Å². The quantitative estimate of drug-likeness (QED) is 0.882. The summed E-state index contributed by atoms with van der Waals surface area (Å²) in [7, 11) is 3.28. The van der Waals surface area contributed by atoms with Crippen LogP contribution in [0.5, 0.6) is 12.0 Å². The van der Waals surface area contributed by atoms with Crippen LogP contribution in [0.25, 0.3) is 0 Å². The molecule has 6 heteroatoms. The molecule has 0 amide bonds. The Labute approximate surface area is 107 Å². The zero-order valence-corrected chi connectivity index (χ0v) is 11.1. The molecule has 2 atom stereocenters. The van der Waals surface area contributed by atoms with Crippen molar-refractivity contribution >= 4 is 5.95 Å². The normalized spacial score (nSPS) is 23.5. The average molecular weight is 252 g/mol. The summed E-state index contributed by atoms with van der Waals surface area (Å²) in [6.45, 7) is 2.21. The van der Waals surface area contributed by atoms with Gasteiger partial charge in [0.25, 0.3) is 0 Å². The van der Waals surface area contributed by atoms with Crippen molar-refractivity contribution in [3.63, 3.8) is 0 Å². The van der Waals surface area contributed by atoms with E-state index in [-0.39, 0.29) is 12.1 Å². The molecular weight excluding hydrogens is 232 g/mol. The van der Waals surface area contributed by atoms with Gasteiger partial charge in [0.2, 0.25) is 5.95 Å². The minimum Gasteiger partial charge on any atom is -0.467 e. The number of hydrogen-bond acceptors (Lipinski definition) is 6. The Morgan fingerprint density at radius 1 is 1.11 bits per heavy atom. The fourth-order valence-electron chi connectivity index (χ4n) is 2.19. The van der Waals surface area contributed by atoms with Crippen LogP contribution in [0, 0.1) is 5.92 Å². The van der Waals surface area contributed by atoms with Crippen LogP contribution in [0.4, 0.5) is 5.95 Å². The predicted molar refractivity (Wildman–Crippen MR) is 68.0 cm³/mol. The van der Waals surface area contributed by atoms with Crippen molar-refractivity contribution in [3.8, 4) is 12.0 Å². The highest BCUT2D eigenvalue weighted by Gasteiger charge is 2.24. The third kappa shape index (κ3) is 3.00. The Bertz CT molecular complexity index is 377. The smallest absolute Gasteiger partial charge is 0.324 e. The second kappa shape index (κ2) is 5.84. The van der Waals surface area contributed by atoms with Gasteiger partial charge in [-0.15, -0.1) is 4.98 Å². The molecule has 1 N–H and O–H groups in total. The Kier molecular flexibility index (Phi) is 4.17. The maximum Gasteiger partial charge on any atom is 0.324 e. The molecule has 0 bridgehead atoms. The predicted octanol–water partition coefficient (Wildman–Crippen LogP) is 1.88. The number of anilines is 1. The zero-order chi connectivity index (χ0) is 13.0. The van der Waals surface area contributed by atoms with Gasteiger partial charge in [0.1, 0.15) is 6.10 Å². The van der Waals surface area contributed by atoms with Crippen LogP contribution in [0.2, 0.25) is 0 Å². The summed E-state index contributed by atoms with van der Waals surface area (Å²) in [6, 6.07) is 0.609. The van der Waals surface area contributed by atoms with E-state index in [0.717, 1.165) is 6.42 Å². The van der Waals surface area contributed by atoms with Gasteiger partial charge in [0.15, 0.2) is 0 Å². The maximum absolute atomic E-state index is 5.87. The molecule has 1 aliphatic rings. The van der Waals surface area contributed by atoms with Crippen LogP contribution in [-0.4, -0.2) is 35.2 Å². The van der Waals surface area contributed by atoms with E-state index >= 15 is 0 Å². The SMILES string of the molecule is CNc1nc(OC)nc(OC2CCCCC2C)n1. The van der Waals surface area contributed by atoms with Crippen molar-refractivity contribution in [3.05, 3.63) is 0 Å². The maximum atomic E-state index is 5.87.